The summed E-state index contributed by atoms with van der Waals surface area (Å²) < 4.78 is 28.3. The number of carbonyl (C=O) groups excluding carboxylic acids is 2. The Balaban J connectivity index is 2.53. The first kappa shape index (κ1) is 33.9. The quantitative estimate of drug-likeness (QED) is 0.224. The van der Waals surface area contributed by atoms with Crippen molar-refractivity contribution in [2.45, 2.75) is 65.0 Å². The molecule has 1 aliphatic carbocycles. The van der Waals surface area contributed by atoms with Crippen LogP contribution in [-0.2, 0) is 16.0 Å². The van der Waals surface area contributed by atoms with Crippen LogP contribution < -0.4 is 11.1 Å². The highest BCUT2D eigenvalue weighted by molar-refractivity contribution is 7.98. The van der Waals surface area contributed by atoms with E-state index in [0.29, 0.717) is 30.7 Å². The SMILES string of the molecule is CCCN(CCC)C(=O)C1=CC(C)=CC(C(N)=O)([C@H](Cc2cc(F)cc(F)c2)[C@@H](O)CN[C@H](CO)CCSC)C1. The van der Waals surface area contributed by atoms with Crippen LogP contribution in [0.3, 0.4) is 0 Å². The van der Waals surface area contributed by atoms with E-state index < -0.39 is 35.0 Å². The predicted octanol–water partition coefficient (Wildman–Crippen LogP) is 3.58. The average Bonchev–Trinajstić information content (AvgIpc) is 2.90. The molecule has 0 aromatic heterocycles. The normalized spacial score (nSPS) is 19.4. The molecule has 0 radical (unpaired) electrons. The molecule has 0 fully saturated rings. The summed E-state index contributed by atoms with van der Waals surface area (Å²) in [4.78, 5) is 28.7. The number of nitrogens with two attached hydrogens (primary N) is 1. The molecule has 0 spiro atoms. The predicted molar refractivity (Wildman–Crippen MR) is 157 cm³/mol. The second kappa shape index (κ2) is 16.2. The summed E-state index contributed by atoms with van der Waals surface area (Å²) in [6.45, 7) is 6.73. The fraction of sp³-hybridized carbons (Fsp3) is 0.600. The molecule has 7 nitrogen and oxygen atoms in total. The van der Waals surface area contributed by atoms with Gasteiger partial charge in [-0.3, -0.25) is 9.59 Å². The fourth-order valence-corrected chi connectivity index (χ4v) is 6.03. The lowest BCUT2D eigenvalue weighted by Crippen LogP contribution is -2.52. The van der Waals surface area contributed by atoms with Gasteiger partial charge in [0, 0.05) is 43.2 Å². The third-order valence-electron chi connectivity index (χ3n) is 7.39. The van der Waals surface area contributed by atoms with Gasteiger partial charge in [-0.25, -0.2) is 8.78 Å². The number of aliphatic hydroxyl groups excluding tert-OH is 2. The molecule has 40 heavy (non-hydrogen) atoms. The van der Waals surface area contributed by atoms with E-state index in [9.17, 15) is 28.6 Å². The summed E-state index contributed by atoms with van der Waals surface area (Å²) in [5, 5.41) is 24.5. The molecule has 2 amide bonds. The molecular formula is C30H45F2N3O4S. The van der Waals surface area contributed by atoms with Gasteiger partial charge in [0.1, 0.15) is 11.6 Å². The van der Waals surface area contributed by atoms with Crippen LogP contribution in [-0.4, -0.2) is 77.3 Å². The van der Waals surface area contributed by atoms with Crippen LogP contribution in [0.4, 0.5) is 8.78 Å². The van der Waals surface area contributed by atoms with Crippen LogP contribution in [0.5, 0.6) is 0 Å². The summed E-state index contributed by atoms with van der Waals surface area (Å²) in [7, 11) is 0. The maximum atomic E-state index is 14.2. The maximum absolute atomic E-state index is 14.2. The summed E-state index contributed by atoms with van der Waals surface area (Å²) >= 11 is 1.63. The number of thioether (sulfide) groups is 1. The van der Waals surface area contributed by atoms with Crippen LogP contribution in [0, 0.1) is 23.0 Å². The molecule has 1 aromatic carbocycles. The van der Waals surface area contributed by atoms with Gasteiger partial charge in [-0.15, -0.1) is 0 Å². The Morgan fingerprint density at radius 2 is 1.80 bits per heavy atom. The van der Waals surface area contributed by atoms with Crippen molar-refractivity contribution in [2.75, 3.05) is 38.2 Å². The standard InChI is InChI=1S/C30H45F2N3O4S/c1-5-8-35(9-6-2)28(38)22-11-20(3)16-30(17-22,29(33)39)26(14-21-12-23(31)15-24(32)13-21)27(37)18-34-25(19-36)7-10-40-4/h11-13,15-16,25-27,34,36-37H,5-10,14,17-19H2,1-4H3,(H2,33,39)/t25-,26+,27-,30?/m0/s1. The van der Waals surface area contributed by atoms with Gasteiger partial charge in [-0.2, -0.15) is 11.8 Å². The summed E-state index contributed by atoms with van der Waals surface area (Å²) in [6.07, 6.45) is 6.29. The van der Waals surface area contributed by atoms with E-state index in [1.54, 1.807) is 35.7 Å². The maximum Gasteiger partial charge on any atom is 0.249 e. The van der Waals surface area contributed by atoms with Crippen LogP contribution in [0.25, 0.3) is 0 Å². The number of hydrogen-bond acceptors (Lipinski definition) is 6. The van der Waals surface area contributed by atoms with Crippen LogP contribution in [0.15, 0.2) is 41.5 Å². The molecular weight excluding hydrogens is 536 g/mol. The van der Waals surface area contributed by atoms with Crippen molar-refractivity contribution < 1.29 is 28.6 Å². The molecule has 2 rings (SSSR count). The Hall–Kier alpha value is -2.27. The van der Waals surface area contributed by atoms with Crippen LogP contribution in [0.1, 0.15) is 52.0 Å². The van der Waals surface area contributed by atoms with Gasteiger partial charge in [0.2, 0.25) is 11.8 Å². The van der Waals surface area contributed by atoms with Gasteiger partial charge >= 0.3 is 0 Å². The minimum Gasteiger partial charge on any atom is -0.395 e. The van der Waals surface area contributed by atoms with Crippen LogP contribution >= 0.6 is 11.8 Å². The Kier molecular flexibility index (Phi) is 13.8. The Morgan fingerprint density at radius 3 is 2.33 bits per heavy atom. The minimum atomic E-state index is -1.49. The zero-order valence-electron chi connectivity index (χ0n) is 24.1. The molecule has 0 saturated heterocycles. The van der Waals surface area contributed by atoms with Crippen molar-refractivity contribution in [3.63, 3.8) is 0 Å². The van der Waals surface area contributed by atoms with Gasteiger partial charge < -0.3 is 26.2 Å². The minimum absolute atomic E-state index is 0.00871. The molecule has 0 aliphatic heterocycles. The van der Waals surface area contributed by atoms with Gasteiger partial charge in [0.05, 0.1) is 18.1 Å². The second-order valence-corrected chi connectivity index (χ2v) is 11.6. The molecule has 4 atom stereocenters. The van der Waals surface area contributed by atoms with Crippen LogP contribution in [0.2, 0.25) is 0 Å². The number of carbonyl (C=O) groups is 2. The third kappa shape index (κ3) is 9.12. The summed E-state index contributed by atoms with van der Waals surface area (Å²) in [6, 6.07) is 2.82. The highest BCUT2D eigenvalue weighted by Gasteiger charge is 2.48. The zero-order chi connectivity index (χ0) is 29.9. The second-order valence-electron chi connectivity index (χ2n) is 10.7. The number of nitrogens with one attached hydrogen (secondary N) is 1. The third-order valence-corrected chi connectivity index (χ3v) is 8.03. The van der Waals surface area contributed by atoms with E-state index in [1.807, 2.05) is 20.1 Å². The molecule has 224 valence electrons. The van der Waals surface area contributed by atoms with E-state index in [-0.39, 0.29) is 43.5 Å². The first-order valence-electron chi connectivity index (χ1n) is 14.0. The van der Waals surface area contributed by atoms with E-state index >= 15 is 0 Å². The average molecular weight is 582 g/mol. The number of rotatable bonds is 17. The van der Waals surface area contributed by atoms with E-state index in [0.717, 1.165) is 24.7 Å². The Morgan fingerprint density at radius 1 is 1.18 bits per heavy atom. The molecule has 1 unspecified atom stereocenters. The monoisotopic (exact) mass is 581 g/mol. The lowest BCUT2D eigenvalue weighted by atomic mass is 9.63. The summed E-state index contributed by atoms with van der Waals surface area (Å²) in [5.74, 6) is -2.58. The number of allylic oxidation sites excluding steroid dienone is 2. The topological polar surface area (TPSA) is 116 Å². The number of primary amides is 1. The fourth-order valence-electron chi connectivity index (χ4n) is 5.51. The number of benzene rings is 1. The van der Waals surface area contributed by atoms with Gasteiger partial charge in [-0.1, -0.05) is 31.6 Å². The molecule has 0 heterocycles. The van der Waals surface area contributed by atoms with Crippen molar-refractivity contribution in [2.24, 2.45) is 17.1 Å². The van der Waals surface area contributed by atoms with Crippen molar-refractivity contribution in [1.29, 1.82) is 0 Å². The van der Waals surface area contributed by atoms with Gasteiger partial charge in [0.15, 0.2) is 0 Å². The zero-order valence-corrected chi connectivity index (χ0v) is 24.9. The number of nitrogens with zero attached hydrogens (tertiary/aromatic N) is 1. The van der Waals surface area contributed by atoms with E-state index in [4.69, 9.17) is 5.73 Å². The smallest absolute Gasteiger partial charge is 0.249 e. The molecule has 5 N–H and O–H groups in total. The van der Waals surface area contributed by atoms with E-state index in [2.05, 4.69) is 5.32 Å². The molecule has 0 saturated carbocycles. The van der Waals surface area contributed by atoms with Crippen molar-refractivity contribution in [1.82, 2.24) is 10.2 Å². The number of amides is 2. The van der Waals surface area contributed by atoms with Crippen molar-refractivity contribution >= 4 is 23.6 Å². The van der Waals surface area contributed by atoms with Crippen molar-refractivity contribution in [3.05, 3.63) is 58.7 Å². The number of hydrogen-bond donors (Lipinski definition) is 4. The molecule has 10 heteroatoms. The number of aliphatic hydroxyl groups is 2. The van der Waals surface area contributed by atoms with E-state index in [1.165, 1.54) is 12.1 Å². The van der Waals surface area contributed by atoms with Crippen molar-refractivity contribution in [3.8, 4) is 0 Å². The highest BCUT2D eigenvalue weighted by Crippen LogP contribution is 2.44. The van der Waals surface area contributed by atoms with Gasteiger partial charge in [-0.05, 0) is 68.7 Å². The largest absolute Gasteiger partial charge is 0.395 e. The Labute approximate surface area is 241 Å². The number of halogens is 2. The first-order valence-corrected chi connectivity index (χ1v) is 15.4. The lowest BCUT2D eigenvalue weighted by molar-refractivity contribution is -0.132. The molecule has 1 aliphatic rings. The molecule has 0 bridgehead atoms. The van der Waals surface area contributed by atoms with Gasteiger partial charge in [0.25, 0.3) is 0 Å². The molecule has 1 aromatic rings. The highest BCUT2D eigenvalue weighted by atomic mass is 32.2. The summed E-state index contributed by atoms with van der Waals surface area (Å²) in [5.41, 5.74) is 5.88. The first-order chi connectivity index (χ1) is 19.0. The Bertz CT molecular complexity index is 1040. The lowest BCUT2D eigenvalue weighted by Gasteiger charge is -2.42.